The number of hydrogen-bond acceptors (Lipinski definition) is 4. The van der Waals surface area contributed by atoms with Crippen molar-refractivity contribution >= 4 is 5.69 Å². The molecule has 18 heavy (non-hydrogen) atoms. The van der Waals surface area contributed by atoms with Gasteiger partial charge < -0.3 is 10.2 Å². The van der Waals surface area contributed by atoms with Gasteiger partial charge in [-0.15, -0.1) is 0 Å². The molecule has 5 nitrogen and oxygen atoms in total. The summed E-state index contributed by atoms with van der Waals surface area (Å²) in [5, 5.41) is 7.46. The fraction of sp³-hybridized carbons (Fsp3) is 0.692. The van der Waals surface area contributed by atoms with Crippen molar-refractivity contribution in [3.8, 4) is 0 Å². The molecule has 1 saturated carbocycles. The van der Waals surface area contributed by atoms with E-state index in [9.17, 15) is 4.79 Å². The second-order valence-corrected chi connectivity index (χ2v) is 5.29. The number of aromatic nitrogens is 2. The molecule has 0 spiro atoms. The van der Waals surface area contributed by atoms with Gasteiger partial charge in [-0.3, -0.25) is 4.79 Å². The fourth-order valence-electron chi connectivity index (χ4n) is 1.82. The van der Waals surface area contributed by atoms with E-state index in [1.807, 2.05) is 14.1 Å². The summed E-state index contributed by atoms with van der Waals surface area (Å²) < 4.78 is 1.53. The molecule has 0 amide bonds. The van der Waals surface area contributed by atoms with Gasteiger partial charge in [0.05, 0.1) is 11.9 Å². The molecule has 1 N–H and O–H groups in total. The van der Waals surface area contributed by atoms with Gasteiger partial charge in [0, 0.05) is 19.2 Å². The van der Waals surface area contributed by atoms with Crippen LogP contribution >= 0.6 is 0 Å². The van der Waals surface area contributed by atoms with E-state index >= 15 is 0 Å². The van der Waals surface area contributed by atoms with Crippen molar-refractivity contribution in [3.05, 3.63) is 22.6 Å². The Morgan fingerprint density at radius 2 is 2.28 bits per heavy atom. The molecular formula is C13H22N4O. The average molecular weight is 250 g/mol. The largest absolute Gasteiger partial charge is 0.383 e. The number of rotatable bonds is 7. The van der Waals surface area contributed by atoms with E-state index in [1.54, 1.807) is 12.3 Å². The van der Waals surface area contributed by atoms with Crippen LogP contribution in [0.2, 0.25) is 0 Å². The van der Waals surface area contributed by atoms with E-state index in [1.165, 1.54) is 17.5 Å². The van der Waals surface area contributed by atoms with Crippen LogP contribution < -0.4 is 10.9 Å². The predicted octanol–water partition coefficient (Wildman–Crippen LogP) is 1.02. The number of anilines is 1. The minimum Gasteiger partial charge on any atom is -0.383 e. The maximum Gasteiger partial charge on any atom is 0.268 e. The molecule has 0 saturated heterocycles. The first-order chi connectivity index (χ1) is 8.65. The second-order valence-electron chi connectivity index (χ2n) is 5.29. The minimum atomic E-state index is -0.0189. The number of aryl methyl sites for hydroxylation is 1. The normalized spacial score (nSPS) is 15.1. The molecule has 0 atom stereocenters. The van der Waals surface area contributed by atoms with Crippen LogP contribution in [0.3, 0.4) is 0 Å². The zero-order valence-corrected chi connectivity index (χ0v) is 11.2. The van der Waals surface area contributed by atoms with E-state index in [4.69, 9.17) is 0 Å². The molecule has 0 bridgehead atoms. The molecule has 0 radical (unpaired) electrons. The monoisotopic (exact) mass is 250 g/mol. The topological polar surface area (TPSA) is 50.2 Å². The molecule has 2 rings (SSSR count). The summed E-state index contributed by atoms with van der Waals surface area (Å²) in [6.07, 6.45) is 5.30. The minimum absolute atomic E-state index is 0.0189. The third kappa shape index (κ3) is 4.14. The Morgan fingerprint density at radius 3 is 2.89 bits per heavy atom. The van der Waals surface area contributed by atoms with Crippen molar-refractivity contribution in [2.75, 3.05) is 32.5 Å². The maximum atomic E-state index is 11.8. The summed E-state index contributed by atoms with van der Waals surface area (Å²) in [4.78, 5) is 13.9. The van der Waals surface area contributed by atoms with Gasteiger partial charge in [-0.1, -0.05) is 0 Å². The molecule has 1 fully saturated rings. The second kappa shape index (κ2) is 6.00. The summed E-state index contributed by atoms with van der Waals surface area (Å²) in [5.41, 5.74) is 0.824. The zero-order chi connectivity index (χ0) is 13.0. The molecule has 5 heteroatoms. The highest BCUT2D eigenvalue weighted by Crippen LogP contribution is 2.28. The van der Waals surface area contributed by atoms with Gasteiger partial charge in [-0.05, 0) is 45.8 Å². The number of hydrogen-bond donors (Lipinski definition) is 1. The molecule has 1 aliphatic rings. The van der Waals surface area contributed by atoms with Gasteiger partial charge in [0.15, 0.2) is 0 Å². The lowest BCUT2D eigenvalue weighted by Crippen LogP contribution is -2.25. The van der Waals surface area contributed by atoms with Crippen LogP contribution in [-0.4, -0.2) is 41.9 Å². The van der Waals surface area contributed by atoms with Crippen molar-refractivity contribution in [3.63, 3.8) is 0 Å². The highest BCUT2D eigenvalue weighted by molar-refractivity contribution is 5.38. The SMILES string of the molecule is CN(C)CCCn1ncc(NCC2CC2)cc1=O. The van der Waals surface area contributed by atoms with Gasteiger partial charge in [0.1, 0.15) is 0 Å². The first-order valence-electron chi connectivity index (χ1n) is 6.61. The van der Waals surface area contributed by atoms with E-state index < -0.39 is 0 Å². The number of nitrogens with zero attached hydrogens (tertiary/aromatic N) is 3. The van der Waals surface area contributed by atoms with Crippen molar-refractivity contribution < 1.29 is 0 Å². The first kappa shape index (κ1) is 13.1. The highest BCUT2D eigenvalue weighted by atomic mass is 16.1. The molecule has 1 aromatic heterocycles. The van der Waals surface area contributed by atoms with Crippen molar-refractivity contribution in [2.24, 2.45) is 5.92 Å². The molecule has 1 aliphatic carbocycles. The molecular weight excluding hydrogens is 228 g/mol. The van der Waals surface area contributed by atoms with Crippen LogP contribution in [0.5, 0.6) is 0 Å². The quantitative estimate of drug-likeness (QED) is 0.785. The summed E-state index contributed by atoms with van der Waals surface area (Å²) in [6.45, 7) is 2.61. The molecule has 0 aliphatic heterocycles. The van der Waals surface area contributed by atoms with E-state index in [0.29, 0.717) is 6.54 Å². The Bertz CT molecular complexity index is 437. The van der Waals surface area contributed by atoms with Crippen LogP contribution in [0.15, 0.2) is 17.1 Å². The van der Waals surface area contributed by atoms with Crippen LogP contribution in [0.4, 0.5) is 5.69 Å². The number of nitrogens with one attached hydrogen (secondary N) is 1. The smallest absolute Gasteiger partial charge is 0.268 e. The zero-order valence-electron chi connectivity index (χ0n) is 11.2. The van der Waals surface area contributed by atoms with Crippen molar-refractivity contribution in [1.82, 2.24) is 14.7 Å². The Balaban J connectivity index is 1.85. The Kier molecular flexibility index (Phi) is 4.36. The lowest BCUT2D eigenvalue weighted by atomic mass is 10.3. The first-order valence-corrected chi connectivity index (χ1v) is 6.61. The third-order valence-electron chi connectivity index (χ3n) is 3.14. The Labute approximate surface area is 108 Å². The van der Waals surface area contributed by atoms with Crippen LogP contribution in [0.25, 0.3) is 0 Å². The third-order valence-corrected chi connectivity index (χ3v) is 3.14. The van der Waals surface area contributed by atoms with Crippen LogP contribution in [-0.2, 0) is 6.54 Å². The van der Waals surface area contributed by atoms with Gasteiger partial charge in [-0.2, -0.15) is 5.10 Å². The standard InChI is InChI=1S/C13H22N4O/c1-16(2)6-3-7-17-13(18)8-12(10-15-17)14-9-11-4-5-11/h8,10-11,14H,3-7,9H2,1-2H3. The van der Waals surface area contributed by atoms with Gasteiger partial charge >= 0.3 is 0 Å². The molecule has 0 aromatic carbocycles. The Morgan fingerprint density at radius 1 is 1.50 bits per heavy atom. The average Bonchev–Trinajstić information content (AvgIpc) is 3.12. The summed E-state index contributed by atoms with van der Waals surface area (Å²) >= 11 is 0. The highest BCUT2D eigenvalue weighted by Gasteiger charge is 2.20. The molecule has 1 heterocycles. The lowest BCUT2D eigenvalue weighted by molar-refractivity contribution is 0.377. The predicted molar refractivity (Wildman–Crippen MR) is 72.9 cm³/mol. The molecule has 100 valence electrons. The van der Waals surface area contributed by atoms with Crippen LogP contribution in [0.1, 0.15) is 19.3 Å². The van der Waals surface area contributed by atoms with Gasteiger partial charge in [-0.25, -0.2) is 4.68 Å². The van der Waals surface area contributed by atoms with Gasteiger partial charge in [0.2, 0.25) is 0 Å². The Hall–Kier alpha value is -1.36. The molecule has 0 unspecified atom stereocenters. The van der Waals surface area contributed by atoms with E-state index in [0.717, 1.165) is 31.1 Å². The summed E-state index contributed by atoms with van der Waals surface area (Å²) in [6, 6.07) is 1.64. The van der Waals surface area contributed by atoms with Crippen LogP contribution in [0, 0.1) is 5.92 Å². The van der Waals surface area contributed by atoms with Crippen molar-refractivity contribution in [2.45, 2.75) is 25.8 Å². The van der Waals surface area contributed by atoms with E-state index in [2.05, 4.69) is 15.3 Å². The van der Waals surface area contributed by atoms with E-state index in [-0.39, 0.29) is 5.56 Å². The summed E-state index contributed by atoms with van der Waals surface area (Å²) in [7, 11) is 4.06. The van der Waals surface area contributed by atoms with Gasteiger partial charge in [0.25, 0.3) is 5.56 Å². The lowest BCUT2D eigenvalue weighted by Gasteiger charge is -2.10. The van der Waals surface area contributed by atoms with Crippen molar-refractivity contribution in [1.29, 1.82) is 0 Å². The summed E-state index contributed by atoms with van der Waals surface area (Å²) in [5.74, 6) is 0.799. The fourth-order valence-corrected chi connectivity index (χ4v) is 1.82. The maximum absolute atomic E-state index is 11.8. The molecule has 1 aromatic rings.